The van der Waals surface area contributed by atoms with Crippen LogP contribution in [0.5, 0.6) is 0 Å². The number of carbonyl (C=O) groups excluding carboxylic acids is 3. The summed E-state index contributed by atoms with van der Waals surface area (Å²) in [7, 11) is 0. The van der Waals surface area contributed by atoms with E-state index in [1.165, 1.54) is 25.7 Å². The van der Waals surface area contributed by atoms with Crippen LogP contribution >= 0.6 is 15.9 Å². The number of nitrogens with one attached hydrogen (secondary N) is 1. The molecule has 3 N–H and O–H groups in total. The molecular formula is C31H37BrF3N5O4. The molecule has 3 saturated carbocycles. The van der Waals surface area contributed by atoms with Gasteiger partial charge in [-0.05, 0) is 61.8 Å². The molecule has 6 rings (SSSR count). The van der Waals surface area contributed by atoms with Crippen LogP contribution < -0.4 is 11.1 Å². The molecular weight excluding hydrogens is 643 g/mol. The summed E-state index contributed by atoms with van der Waals surface area (Å²) in [6.07, 6.45) is 4.76. The number of alkyl halides is 3. The maximum absolute atomic E-state index is 12.4. The molecule has 9 nitrogen and oxygen atoms in total. The van der Waals surface area contributed by atoms with Gasteiger partial charge in [0.2, 0.25) is 12.3 Å². The van der Waals surface area contributed by atoms with E-state index < -0.39 is 18.1 Å². The normalized spacial score (nSPS) is 23.4. The van der Waals surface area contributed by atoms with Gasteiger partial charge in [0.05, 0.1) is 24.2 Å². The van der Waals surface area contributed by atoms with Crippen LogP contribution in [0.1, 0.15) is 64.5 Å². The molecule has 1 aliphatic heterocycles. The molecule has 4 fully saturated rings. The van der Waals surface area contributed by atoms with Crippen molar-refractivity contribution in [3.8, 4) is 6.07 Å². The highest BCUT2D eigenvalue weighted by molar-refractivity contribution is 9.10. The number of hydrogen-bond donors (Lipinski definition) is 2. The highest BCUT2D eigenvalue weighted by atomic mass is 79.9. The van der Waals surface area contributed by atoms with Crippen molar-refractivity contribution < 1.29 is 32.3 Å². The minimum atomic E-state index is -4.86. The Bertz CT molecular complexity index is 1420. The molecule has 0 bridgehead atoms. The molecule has 3 unspecified atom stereocenters. The second-order valence-electron chi connectivity index (χ2n) is 12.6. The highest BCUT2D eigenvalue weighted by Crippen LogP contribution is 2.62. The predicted octanol–water partition coefficient (Wildman–Crippen LogP) is 5.18. The number of amides is 3. The van der Waals surface area contributed by atoms with Crippen LogP contribution in [0, 0.1) is 34.5 Å². The number of hydrogen-bond acceptors (Lipinski definition) is 6. The second-order valence-corrected chi connectivity index (χ2v) is 13.4. The summed E-state index contributed by atoms with van der Waals surface area (Å²) in [5, 5.41) is 13.3. The van der Waals surface area contributed by atoms with Crippen molar-refractivity contribution in [3.05, 3.63) is 40.6 Å². The Hall–Kier alpha value is -3.24. The number of aromatic nitrogens is 1. The van der Waals surface area contributed by atoms with Crippen LogP contribution in [0.15, 0.2) is 35.1 Å². The summed E-state index contributed by atoms with van der Waals surface area (Å²) in [4.78, 5) is 38.1. The molecule has 1 saturated heterocycles. The SMILES string of the molecule is C[C@H](CC(=O)N1CC2C(C1)C2(C)C)OC1(C2CC2)CC1.N#CC(NC=O)c1cncc2cccc(Br)c12.NC(=O)C(F)(F)F. The number of likely N-dealkylation sites (tertiary alicyclic amines) is 1. The first kappa shape index (κ1) is 33.6. The number of nitrogens with zero attached hydrogens (tertiary/aromatic N) is 3. The van der Waals surface area contributed by atoms with Crippen molar-refractivity contribution >= 4 is 44.9 Å². The third-order valence-corrected chi connectivity index (χ3v) is 9.81. The van der Waals surface area contributed by atoms with Gasteiger partial charge in [0.1, 0.15) is 6.04 Å². The van der Waals surface area contributed by atoms with Crippen molar-refractivity contribution in [1.82, 2.24) is 15.2 Å². The lowest BCUT2D eigenvalue weighted by Gasteiger charge is -2.26. The van der Waals surface area contributed by atoms with Gasteiger partial charge < -0.3 is 20.7 Å². The van der Waals surface area contributed by atoms with Crippen molar-refractivity contribution in [3.63, 3.8) is 0 Å². The topological polar surface area (TPSA) is 138 Å². The predicted molar refractivity (Wildman–Crippen MR) is 159 cm³/mol. The molecule has 3 aliphatic carbocycles. The van der Waals surface area contributed by atoms with E-state index in [-0.39, 0.29) is 11.7 Å². The first-order valence-electron chi connectivity index (χ1n) is 14.6. The van der Waals surface area contributed by atoms with Crippen LogP contribution in [-0.4, -0.2) is 59.1 Å². The van der Waals surface area contributed by atoms with Gasteiger partial charge in [-0.3, -0.25) is 19.4 Å². The largest absolute Gasteiger partial charge is 0.470 e. The first-order chi connectivity index (χ1) is 20.6. The van der Waals surface area contributed by atoms with E-state index in [0.717, 1.165) is 46.1 Å². The Labute approximate surface area is 262 Å². The number of piperidine rings is 1. The van der Waals surface area contributed by atoms with Crippen molar-refractivity contribution in [2.45, 2.75) is 76.8 Å². The van der Waals surface area contributed by atoms with Crippen LogP contribution in [0.25, 0.3) is 10.8 Å². The standard InChI is InChI=1S/C17H27NO2.C12H8BrN3O.C2H2F3NO/c1-11(20-17(6-7-17)12-4-5-12)8-15(19)18-9-13-14(10-18)16(13,2)3;13-10-3-1-2-8-5-15-6-9(12(8)10)11(4-14)16-7-17;3-2(4,5)1(6)7/h11-14H,4-10H2,1-3H3;1-3,5-7,11H,(H,16,17);(H2,6,7)/t11-,13?,14?;;/m1../s1. The zero-order chi connectivity index (χ0) is 32.4. The number of nitriles is 1. The van der Waals surface area contributed by atoms with Gasteiger partial charge in [-0.25, -0.2) is 0 Å². The molecule has 1 aromatic heterocycles. The van der Waals surface area contributed by atoms with E-state index in [1.807, 2.05) is 24.3 Å². The van der Waals surface area contributed by atoms with Gasteiger partial charge in [-0.2, -0.15) is 18.4 Å². The summed E-state index contributed by atoms with van der Waals surface area (Å²) in [5.41, 5.74) is 5.17. The minimum absolute atomic E-state index is 0.0931. The average Bonchev–Trinajstić information content (AvgIpc) is 3.91. The molecule has 3 amide bonds. The monoisotopic (exact) mass is 679 g/mol. The smallest absolute Gasteiger partial charge is 0.371 e. The third kappa shape index (κ3) is 7.69. The number of carbonyl (C=O) groups is 3. The highest BCUT2D eigenvalue weighted by Gasteiger charge is 2.62. The van der Waals surface area contributed by atoms with E-state index in [9.17, 15) is 22.8 Å². The zero-order valence-corrected chi connectivity index (χ0v) is 26.5. The minimum Gasteiger partial charge on any atom is -0.371 e. The number of nitrogens with two attached hydrogens (primary N) is 1. The maximum Gasteiger partial charge on any atom is 0.470 e. The molecule has 0 radical (unpaired) electrons. The number of ether oxygens (including phenoxy) is 1. The van der Waals surface area contributed by atoms with E-state index in [2.05, 4.69) is 57.6 Å². The molecule has 44 heavy (non-hydrogen) atoms. The summed E-state index contributed by atoms with van der Waals surface area (Å²) in [6, 6.07) is 7.04. The van der Waals surface area contributed by atoms with E-state index in [0.29, 0.717) is 29.7 Å². The Morgan fingerprint density at radius 3 is 2.36 bits per heavy atom. The summed E-state index contributed by atoms with van der Waals surface area (Å²) in [5.74, 6) is 0.368. The summed E-state index contributed by atoms with van der Waals surface area (Å²) in [6.45, 7) is 8.72. The number of fused-ring (bicyclic) bond motifs is 2. The molecule has 1 aromatic carbocycles. The number of rotatable bonds is 8. The molecule has 2 heterocycles. The fraction of sp³-hybridized carbons (Fsp3) is 0.581. The van der Waals surface area contributed by atoms with E-state index in [1.54, 1.807) is 12.4 Å². The van der Waals surface area contributed by atoms with Crippen LogP contribution in [0.4, 0.5) is 13.2 Å². The van der Waals surface area contributed by atoms with Crippen molar-refractivity contribution in [1.29, 1.82) is 5.26 Å². The molecule has 238 valence electrons. The van der Waals surface area contributed by atoms with Gasteiger partial charge in [-0.15, -0.1) is 0 Å². The number of benzene rings is 1. The van der Waals surface area contributed by atoms with Crippen LogP contribution in [-0.2, 0) is 19.1 Å². The summed E-state index contributed by atoms with van der Waals surface area (Å²) >= 11 is 3.44. The van der Waals surface area contributed by atoms with Crippen LogP contribution in [0.2, 0.25) is 0 Å². The van der Waals surface area contributed by atoms with E-state index in [4.69, 9.17) is 14.8 Å². The lowest BCUT2D eigenvalue weighted by atomic mass is 10.0. The molecule has 0 spiro atoms. The molecule has 13 heteroatoms. The Morgan fingerprint density at radius 1 is 1.25 bits per heavy atom. The van der Waals surface area contributed by atoms with Gasteiger partial charge >= 0.3 is 12.1 Å². The number of pyridine rings is 1. The Morgan fingerprint density at radius 2 is 1.86 bits per heavy atom. The average molecular weight is 681 g/mol. The zero-order valence-electron chi connectivity index (χ0n) is 24.9. The molecule has 4 atom stereocenters. The maximum atomic E-state index is 12.4. The fourth-order valence-electron chi connectivity index (χ4n) is 6.21. The van der Waals surface area contributed by atoms with Crippen molar-refractivity contribution in [2.75, 3.05) is 13.1 Å². The van der Waals surface area contributed by atoms with Crippen LogP contribution in [0.3, 0.4) is 0 Å². The molecule has 4 aliphatic rings. The summed E-state index contributed by atoms with van der Waals surface area (Å²) < 4.78 is 39.2. The first-order valence-corrected chi connectivity index (χ1v) is 15.4. The van der Waals surface area contributed by atoms with E-state index >= 15 is 0 Å². The van der Waals surface area contributed by atoms with Gasteiger partial charge in [0.25, 0.3) is 0 Å². The quantitative estimate of drug-likeness (QED) is 0.369. The lowest BCUT2D eigenvalue weighted by Crippen LogP contribution is -2.36. The Kier molecular flexibility index (Phi) is 9.95. The second kappa shape index (κ2) is 13.0. The lowest BCUT2D eigenvalue weighted by molar-refractivity contribution is -0.169. The van der Waals surface area contributed by atoms with Crippen molar-refractivity contribution in [2.24, 2.45) is 28.9 Å². The van der Waals surface area contributed by atoms with Gasteiger partial charge in [0, 0.05) is 46.3 Å². The third-order valence-electron chi connectivity index (χ3n) is 9.15. The van der Waals surface area contributed by atoms with Gasteiger partial charge in [-0.1, -0.05) is 41.9 Å². The van der Waals surface area contributed by atoms with Gasteiger partial charge in [0.15, 0.2) is 0 Å². The Balaban J connectivity index is 0.000000168. The number of primary amides is 1. The molecule has 2 aromatic rings. The number of halogens is 4. The fourth-order valence-corrected chi connectivity index (χ4v) is 6.82.